The van der Waals surface area contributed by atoms with Gasteiger partial charge in [-0.25, -0.2) is 15.0 Å². The van der Waals surface area contributed by atoms with Crippen LogP contribution < -0.4 is 5.32 Å². The van der Waals surface area contributed by atoms with E-state index in [2.05, 4.69) is 44.2 Å². The van der Waals surface area contributed by atoms with Crippen LogP contribution in [0.15, 0.2) is 36.9 Å². The zero-order valence-corrected chi connectivity index (χ0v) is 14.8. The Hall–Kier alpha value is -3.00. The highest BCUT2D eigenvalue weighted by Gasteiger charge is 2.27. The Bertz CT molecular complexity index is 919. The van der Waals surface area contributed by atoms with Crippen LogP contribution in [0.5, 0.6) is 0 Å². The SMILES string of the molecule is CN(C)C1CCN(C(=O)c2ccc(Nc3ncnc4nc[nH]c34)cc2)C1. The molecule has 134 valence electrons. The van der Waals surface area contributed by atoms with Crippen molar-refractivity contribution >= 4 is 28.6 Å². The zero-order valence-electron chi connectivity index (χ0n) is 14.8. The molecule has 4 rings (SSSR count). The summed E-state index contributed by atoms with van der Waals surface area (Å²) >= 11 is 0. The Morgan fingerprint density at radius 1 is 1.23 bits per heavy atom. The number of likely N-dealkylation sites (N-methyl/N-ethyl adjacent to an activating group) is 1. The number of aromatic amines is 1. The molecule has 0 spiro atoms. The van der Waals surface area contributed by atoms with E-state index in [1.165, 1.54) is 6.33 Å². The molecule has 1 aliphatic heterocycles. The number of amides is 1. The van der Waals surface area contributed by atoms with Gasteiger partial charge in [0.1, 0.15) is 11.8 Å². The van der Waals surface area contributed by atoms with Crippen molar-refractivity contribution in [3.63, 3.8) is 0 Å². The van der Waals surface area contributed by atoms with Crippen molar-refractivity contribution < 1.29 is 4.79 Å². The molecule has 0 bridgehead atoms. The van der Waals surface area contributed by atoms with Crippen LogP contribution in [0.3, 0.4) is 0 Å². The summed E-state index contributed by atoms with van der Waals surface area (Å²) in [5.41, 5.74) is 2.91. The number of aromatic nitrogens is 4. The number of rotatable bonds is 4. The maximum Gasteiger partial charge on any atom is 0.253 e. The van der Waals surface area contributed by atoms with Crippen LogP contribution >= 0.6 is 0 Å². The molecule has 0 aliphatic carbocycles. The van der Waals surface area contributed by atoms with Crippen molar-refractivity contribution in [2.45, 2.75) is 12.5 Å². The Morgan fingerprint density at radius 2 is 2.04 bits per heavy atom. The van der Waals surface area contributed by atoms with Crippen LogP contribution in [0.2, 0.25) is 0 Å². The first-order valence-corrected chi connectivity index (χ1v) is 8.58. The van der Waals surface area contributed by atoms with E-state index >= 15 is 0 Å². The number of imidazole rings is 1. The predicted molar refractivity (Wildman–Crippen MR) is 99.4 cm³/mol. The molecule has 3 aromatic rings. The van der Waals surface area contributed by atoms with Gasteiger partial charge in [-0.2, -0.15) is 0 Å². The van der Waals surface area contributed by atoms with Crippen molar-refractivity contribution in [3.05, 3.63) is 42.5 Å². The minimum absolute atomic E-state index is 0.0823. The van der Waals surface area contributed by atoms with Gasteiger partial charge in [-0.05, 0) is 44.8 Å². The average molecular weight is 351 g/mol. The van der Waals surface area contributed by atoms with E-state index < -0.39 is 0 Å². The van der Waals surface area contributed by atoms with Gasteiger partial charge in [-0.15, -0.1) is 0 Å². The summed E-state index contributed by atoms with van der Waals surface area (Å²) in [6, 6.07) is 7.90. The highest BCUT2D eigenvalue weighted by Crippen LogP contribution is 2.22. The summed E-state index contributed by atoms with van der Waals surface area (Å²) < 4.78 is 0. The molecule has 8 heteroatoms. The van der Waals surface area contributed by atoms with Crippen LogP contribution in [0, 0.1) is 0 Å². The third-order valence-electron chi connectivity index (χ3n) is 4.80. The molecule has 1 saturated heterocycles. The van der Waals surface area contributed by atoms with E-state index in [0.29, 0.717) is 23.1 Å². The van der Waals surface area contributed by atoms with Gasteiger partial charge in [0.15, 0.2) is 11.5 Å². The van der Waals surface area contributed by atoms with E-state index in [0.717, 1.165) is 30.7 Å². The fourth-order valence-corrected chi connectivity index (χ4v) is 3.22. The minimum Gasteiger partial charge on any atom is -0.340 e. The van der Waals surface area contributed by atoms with Crippen molar-refractivity contribution in [1.82, 2.24) is 29.7 Å². The molecule has 1 aromatic carbocycles. The van der Waals surface area contributed by atoms with E-state index in [4.69, 9.17) is 0 Å². The number of likely N-dealkylation sites (tertiary alicyclic amines) is 1. The molecule has 3 heterocycles. The number of fused-ring (bicyclic) bond motifs is 1. The second-order valence-corrected chi connectivity index (χ2v) is 6.68. The molecule has 26 heavy (non-hydrogen) atoms. The predicted octanol–water partition coefficient (Wildman–Crippen LogP) is 1.87. The molecule has 0 radical (unpaired) electrons. The van der Waals surface area contributed by atoms with Crippen molar-refractivity contribution in [1.29, 1.82) is 0 Å². The smallest absolute Gasteiger partial charge is 0.253 e. The molecular weight excluding hydrogens is 330 g/mol. The maximum absolute atomic E-state index is 12.7. The molecular formula is C18H21N7O. The normalized spacial score (nSPS) is 17.2. The lowest BCUT2D eigenvalue weighted by Crippen LogP contribution is -2.34. The Balaban J connectivity index is 1.47. The van der Waals surface area contributed by atoms with Gasteiger partial charge in [-0.1, -0.05) is 0 Å². The zero-order chi connectivity index (χ0) is 18.1. The molecule has 1 unspecified atom stereocenters. The molecule has 0 saturated carbocycles. The van der Waals surface area contributed by atoms with Gasteiger partial charge >= 0.3 is 0 Å². The second-order valence-electron chi connectivity index (χ2n) is 6.68. The Morgan fingerprint density at radius 3 is 2.77 bits per heavy atom. The van der Waals surface area contributed by atoms with Gasteiger partial charge < -0.3 is 20.1 Å². The molecule has 1 fully saturated rings. The standard InChI is InChI=1S/C18H21N7O/c1-24(2)14-7-8-25(9-14)18(26)12-3-5-13(6-4-12)23-17-15-16(20-10-19-15)21-11-22-17/h3-6,10-11,14H,7-9H2,1-2H3,(H2,19,20,21,22,23). The number of hydrogen-bond acceptors (Lipinski definition) is 6. The number of nitrogens with one attached hydrogen (secondary N) is 2. The summed E-state index contributed by atoms with van der Waals surface area (Å²) in [6.07, 6.45) is 4.08. The van der Waals surface area contributed by atoms with Crippen molar-refractivity contribution in [2.24, 2.45) is 0 Å². The van der Waals surface area contributed by atoms with E-state index in [9.17, 15) is 4.79 Å². The number of nitrogens with zero attached hydrogens (tertiary/aromatic N) is 5. The molecule has 1 atom stereocenters. The van der Waals surface area contributed by atoms with Gasteiger partial charge in [-0.3, -0.25) is 4.79 Å². The number of benzene rings is 1. The third kappa shape index (κ3) is 3.11. The summed E-state index contributed by atoms with van der Waals surface area (Å²) in [7, 11) is 4.12. The number of carbonyl (C=O) groups is 1. The number of anilines is 2. The molecule has 1 aliphatic rings. The third-order valence-corrected chi connectivity index (χ3v) is 4.80. The number of hydrogen-bond donors (Lipinski definition) is 2. The van der Waals surface area contributed by atoms with Gasteiger partial charge in [0.25, 0.3) is 5.91 Å². The first-order chi connectivity index (χ1) is 12.6. The molecule has 8 nitrogen and oxygen atoms in total. The quantitative estimate of drug-likeness (QED) is 0.746. The molecule has 2 N–H and O–H groups in total. The summed E-state index contributed by atoms with van der Waals surface area (Å²) in [6.45, 7) is 1.59. The highest BCUT2D eigenvalue weighted by atomic mass is 16.2. The van der Waals surface area contributed by atoms with Gasteiger partial charge in [0, 0.05) is 30.4 Å². The first-order valence-electron chi connectivity index (χ1n) is 8.58. The molecule has 2 aromatic heterocycles. The fourth-order valence-electron chi connectivity index (χ4n) is 3.22. The second kappa shape index (κ2) is 6.72. The lowest BCUT2D eigenvalue weighted by molar-refractivity contribution is 0.0783. The largest absolute Gasteiger partial charge is 0.340 e. The van der Waals surface area contributed by atoms with E-state index in [1.54, 1.807) is 6.33 Å². The molecule has 1 amide bonds. The van der Waals surface area contributed by atoms with Crippen LogP contribution in [-0.4, -0.2) is 68.9 Å². The number of carbonyl (C=O) groups excluding carboxylic acids is 1. The summed E-state index contributed by atoms with van der Waals surface area (Å²) in [5.74, 6) is 0.735. The first kappa shape index (κ1) is 16.5. The average Bonchev–Trinajstić information content (AvgIpc) is 3.32. The van der Waals surface area contributed by atoms with Crippen molar-refractivity contribution in [3.8, 4) is 0 Å². The minimum atomic E-state index is 0.0823. The lowest BCUT2D eigenvalue weighted by atomic mass is 10.2. The summed E-state index contributed by atoms with van der Waals surface area (Å²) in [5, 5.41) is 3.24. The highest BCUT2D eigenvalue weighted by molar-refractivity contribution is 5.95. The summed E-state index contributed by atoms with van der Waals surface area (Å²) in [4.78, 5) is 32.3. The van der Waals surface area contributed by atoms with Crippen LogP contribution in [0.4, 0.5) is 11.5 Å². The maximum atomic E-state index is 12.7. The monoisotopic (exact) mass is 351 g/mol. The Labute approximate surface area is 151 Å². The lowest BCUT2D eigenvalue weighted by Gasteiger charge is -2.20. The van der Waals surface area contributed by atoms with Gasteiger partial charge in [0.2, 0.25) is 0 Å². The van der Waals surface area contributed by atoms with E-state index in [1.807, 2.05) is 29.2 Å². The van der Waals surface area contributed by atoms with Crippen LogP contribution in [-0.2, 0) is 0 Å². The van der Waals surface area contributed by atoms with Crippen LogP contribution in [0.1, 0.15) is 16.8 Å². The topological polar surface area (TPSA) is 90.0 Å². The van der Waals surface area contributed by atoms with Gasteiger partial charge in [0.05, 0.1) is 6.33 Å². The number of H-pyrrole nitrogens is 1. The van der Waals surface area contributed by atoms with Crippen LogP contribution in [0.25, 0.3) is 11.2 Å². The van der Waals surface area contributed by atoms with E-state index in [-0.39, 0.29) is 5.91 Å². The fraction of sp³-hybridized carbons (Fsp3) is 0.333. The van der Waals surface area contributed by atoms with Crippen molar-refractivity contribution in [2.75, 3.05) is 32.5 Å². The Kier molecular flexibility index (Phi) is 4.26.